The molecule has 0 saturated carbocycles. The number of fused-ring (bicyclic) bond motifs is 1. The van der Waals surface area contributed by atoms with E-state index in [2.05, 4.69) is 11.2 Å². The van der Waals surface area contributed by atoms with Crippen molar-refractivity contribution < 1.29 is 14.3 Å². The van der Waals surface area contributed by atoms with Gasteiger partial charge in [0.05, 0.1) is 36.4 Å². The van der Waals surface area contributed by atoms with Crippen molar-refractivity contribution in [3.63, 3.8) is 0 Å². The monoisotopic (exact) mass is 429 g/mol. The largest absolute Gasteiger partial charge is 0.469 e. The van der Waals surface area contributed by atoms with E-state index >= 15 is 0 Å². The number of anilines is 1. The number of hydrogen-bond acceptors (Lipinski definition) is 7. The summed E-state index contributed by atoms with van der Waals surface area (Å²) >= 11 is 0. The van der Waals surface area contributed by atoms with E-state index in [0.29, 0.717) is 17.1 Å². The molecule has 2 N–H and O–H groups in total. The lowest BCUT2D eigenvalue weighted by Gasteiger charge is -2.25. The maximum atomic E-state index is 12.2. The molecule has 0 spiro atoms. The molecule has 2 aromatic carbocycles. The zero-order chi connectivity index (χ0) is 22.8. The summed E-state index contributed by atoms with van der Waals surface area (Å²) < 4.78 is 12.4. The molecule has 3 aromatic rings. The van der Waals surface area contributed by atoms with Gasteiger partial charge in [-0.25, -0.2) is 4.68 Å². The third-order valence-electron chi connectivity index (χ3n) is 5.41. The molecule has 1 aliphatic rings. The number of ether oxygens (including phenoxy) is 2. The summed E-state index contributed by atoms with van der Waals surface area (Å²) in [6, 6.07) is 19.4. The molecule has 0 saturated heterocycles. The Kier molecular flexibility index (Phi) is 5.56. The van der Waals surface area contributed by atoms with Crippen LogP contribution >= 0.6 is 0 Å². The summed E-state index contributed by atoms with van der Waals surface area (Å²) in [5.41, 5.74) is 10.2. The van der Waals surface area contributed by atoms with E-state index in [9.17, 15) is 10.1 Å². The Morgan fingerprint density at radius 3 is 2.50 bits per heavy atom. The van der Waals surface area contributed by atoms with Crippen LogP contribution in [0.15, 0.2) is 66.1 Å². The average Bonchev–Trinajstić information content (AvgIpc) is 3.16. The van der Waals surface area contributed by atoms with Crippen LogP contribution in [0.5, 0.6) is 5.88 Å². The second-order valence-corrected chi connectivity index (χ2v) is 7.58. The lowest BCUT2D eigenvalue weighted by Crippen LogP contribution is -2.22. The van der Waals surface area contributed by atoms with Crippen LogP contribution in [-0.2, 0) is 16.0 Å². The van der Waals surface area contributed by atoms with Gasteiger partial charge < -0.3 is 20.1 Å². The number of para-hydroxylation sites is 1. The minimum absolute atomic E-state index is 0.0170. The fraction of sp³-hybridized carbons (Fsp3) is 0.208. The highest BCUT2D eigenvalue weighted by Crippen LogP contribution is 2.45. The average molecular weight is 429 g/mol. The van der Waals surface area contributed by atoms with Gasteiger partial charge in [-0.05, 0) is 29.8 Å². The fourth-order valence-electron chi connectivity index (χ4n) is 3.79. The van der Waals surface area contributed by atoms with E-state index in [1.54, 1.807) is 4.68 Å². The van der Waals surface area contributed by atoms with E-state index in [0.717, 1.165) is 16.9 Å². The van der Waals surface area contributed by atoms with Gasteiger partial charge in [-0.1, -0.05) is 30.3 Å². The van der Waals surface area contributed by atoms with E-state index < -0.39 is 11.9 Å². The van der Waals surface area contributed by atoms with Crippen molar-refractivity contribution in [1.29, 1.82) is 5.26 Å². The zero-order valence-corrected chi connectivity index (χ0v) is 18.1. The number of methoxy groups -OCH3 is 1. The van der Waals surface area contributed by atoms with Crippen LogP contribution in [0.2, 0.25) is 0 Å². The molecule has 162 valence electrons. The second-order valence-electron chi connectivity index (χ2n) is 7.58. The smallest absolute Gasteiger partial charge is 0.311 e. The first-order valence-electron chi connectivity index (χ1n) is 10.0. The molecule has 8 nitrogen and oxygen atoms in total. The number of esters is 1. The SMILES string of the molecule is COC(=O)Cc1nn(-c2ccccc2)c2c1[C@H](c1ccc(N(C)C)cc1)C(C#N)=C(N)O2. The summed E-state index contributed by atoms with van der Waals surface area (Å²) in [7, 11) is 5.24. The Labute approximate surface area is 186 Å². The highest BCUT2D eigenvalue weighted by atomic mass is 16.5. The predicted octanol–water partition coefficient (Wildman–Crippen LogP) is 2.87. The van der Waals surface area contributed by atoms with Crippen molar-refractivity contribution in [1.82, 2.24) is 9.78 Å². The normalized spacial score (nSPS) is 14.9. The molecule has 0 unspecified atom stereocenters. The Hall–Kier alpha value is -4.25. The number of benzene rings is 2. The Balaban J connectivity index is 1.95. The number of carbonyl (C=O) groups is 1. The minimum Gasteiger partial charge on any atom is -0.469 e. The van der Waals surface area contributed by atoms with E-state index in [4.69, 9.17) is 15.2 Å². The van der Waals surface area contributed by atoms with Crippen molar-refractivity contribution in [2.45, 2.75) is 12.3 Å². The first-order chi connectivity index (χ1) is 15.4. The van der Waals surface area contributed by atoms with Crippen molar-refractivity contribution in [3.8, 4) is 17.6 Å². The van der Waals surface area contributed by atoms with Gasteiger partial charge in [-0.2, -0.15) is 10.4 Å². The Bertz CT molecular complexity index is 1220. The van der Waals surface area contributed by atoms with Crippen molar-refractivity contribution in [2.75, 3.05) is 26.1 Å². The molecule has 4 rings (SSSR count). The lowest BCUT2D eigenvalue weighted by molar-refractivity contribution is -0.139. The Morgan fingerprint density at radius 1 is 1.22 bits per heavy atom. The third kappa shape index (κ3) is 3.65. The molecule has 8 heteroatoms. The molecule has 32 heavy (non-hydrogen) atoms. The molecular formula is C24H23N5O3. The summed E-state index contributed by atoms with van der Waals surface area (Å²) in [6.07, 6.45) is -0.0626. The lowest BCUT2D eigenvalue weighted by atomic mass is 9.83. The third-order valence-corrected chi connectivity index (χ3v) is 5.41. The van der Waals surface area contributed by atoms with Crippen LogP contribution in [0.3, 0.4) is 0 Å². The first kappa shape index (κ1) is 21.0. The van der Waals surface area contributed by atoms with Gasteiger partial charge in [-0.3, -0.25) is 4.79 Å². The summed E-state index contributed by atoms with van der Waals surface area (Å²) in [5, 5.41) is 14.6. The van der Waals surface area contributed by atoms with Gasteiger partial charge in [0, 0.05) is 19.8 Å². The van der Waals surface area contributed by atoms with Crippen LogP contribution in [0, 0.1) is 11.3 Å². The minimum atomic E-state index is -0.530. The molecule has 0 aliphatic carbocycles. The highest BCUT2D eigenvalue weighted by molar-refractivity contribution is 5.73. The van der Waals surface area contributed by atoms with Crippen molar-refractivity contribution >= 4 is 11.7 Å². The number of nitrogens with two attached hydrogens (primary N) is 1. The van der Waals surface area contributed by atoms with Gasteiger partial charge in [0.1, 0.15) is 11.6 Å². The predicted molar refractivity (Wildman–Crippen MR) is 119 cm³/mol. The molecule has 0 bridgehead atoms. The maximum Gasteiger partial charge on any atom is 0.311 e. The molecule has 1 atom stereocenters. The van der Waals surface area contributed by atoms with E-state index in [-0.39, 0.29) is 17.9 Å². The van der Waals surface area contributed by atoms with E-state index in [1.165, 1.54) is 7.11 Å². The van der Waals surface area contributed by atoms with Crippen LogP contribution in [0.1, 0.15) is 22.7 Å². The second kappa shape index (κ2) is 8.47. The number of aromatic nitrogens is 2. The topological polar surface area (TPSA) is 106 Å². The van der Waals surface area contributed by atoms with Crippen molar-refractivity contribution in [2.24, 2.45) is 5.73 Å². The molecule has 0 amide bonds. The van der Waals surface area contributed by atoms with Crippen molar-refractivity contribution in [3.05, 3.63) is 82.9 Å². The standard InChI is InChI=1S/C24H23N5O3/c1-28(2)16-11-9-15(10-12-16)21-18(14-25)23(26)32-24-22(21)19(13-20(30)31-3)27-29(24)17-7-5-4-6-8-17/h4-12,21H,13,26H2,1-3H3/t21-/m1/s1. The van der Waals surface area contributed by atoms with Crippen LogP contribution < -0.4 is 15.4 Å². The highest BCUT2D eigenvalue weighted by Gasteiger charge is 2.37. The van der Waals surface area contributed by atoms with Crippen LogP contribution in [0.25, 0.3) is 5.69 Å². The zero-order valence-electron chi connectivity index (χ0n) is 18.1. The van der Waals surface area contributed by atoms with Gasteiger partial charge in [0.25, 0.3) is 0 Å². The molecule has 1 aliphatic heterocycles. The number of rotatable bonds is 5. The molecular weight excluding hydrogens is 406 g/mol. The number of nitrogens with zero attached hydrogens (tertiary/aromatic N) is 4. The fourth-order valence-corrected chi connectivity index (χ4v) is 3.79. The van der Waals surface area contributed by atoms with Gasteiger partial charge in [0.2, 0.25) is 11.8 Å². The number of nitriles is 1. The summed E-state index contributed by atoms with van der Waals surface area (Å²) in [6.45, 7) is 0. The molecule has 0 radical (unpaired) electrons. The van der Waals surface area contributed by atoms with Crippen LogP contribution in [-0.4, -0.2) is 37.0 Å². The quantitative estimate of drug-likeness (QED) is 0.622. The number of hydrogen-bond donors (Lipinski definition) is 1. The Morgan fingerprint density at radius 2 is 1.91 bits per heavy atom. The van der Waals surface area contributed by atoms with Gasteiger partial charge >= 0.3 is 5.97 Å². The summed E-state index contributed by atoms with van der Waals surface area (Å²) in [4.78, 5) is 14.2. The summed E-state index contributed by atoms with van der Waals surface area (Å²) in [5.74, 6) is -0.568. The molecule has 0 fully saturated rings. The number of allylic oxidation sites excluding steroid dienone is 1. The first-order valence-corrected chi connectivity index (χ1v) is 10.0. The molecule has 1 aromatic heterocycles. The number of carbonyl (C=O) groups excluding carboxylic acids is 1. The van der Waals surface area contributed by atoms with Gasteiger partial charge in [-0.15, -0.1) is 0 Å². The van der Waals surface area contributed by atoms with Crippen LogP contribution in [0.4, 0.5) is 5.69 Å². The maximum absolute atomic E-state index is 12.2. The van der Waals surface area contributed by atoms with Gasteiger partial charge in [0.15, 0.2) is 0 Å². The molecule has 2 heterocycles. The van der Waals surface area contributed by atoms with E-state index in [1.807, 2.05) is 73.6 Å².